The molecular weight excluding hydrogens is 368 g/mol. The van der Waals surface area contributed by atoms with Gasteiger partial charge >= 0.3 is 0 Å². The largest absolute Gasteiger partial charge is 0.461 e. The van der Waals surface area contributed by atoms with Crippen molar-refractivity contribution >= 4 is 16.9 Å². The Kier molecular flexibility index (Phi) is 4.64. The number of carbonyl (C=O) groups is 1. The number of para-hydroxylation sites is 1. The highest BCUT2D eigenvalue weighted by Gasteiger charge is 2.30. The quantitative estimate of drug-likeness (QED) is 0.614. The molecule has 0 fully saturated rings. The first kappa shape index (κ1) is 18.1. The maximum atomic E-state index is 12.7. The van der Waals surface area contributed by atoms with Crippen molar-refractivity contribution in [1.29, 1.82) is 0 Å². The molecular formula is C23H24N2O4. The first-order chi connectivity index (χ1) is 14.2. The third-order valence-electron chi connectivity index (χ3n) is 5.66. The molecule has 0 N–H and O–H groups in total. The van der Waals surface area contributed by atoms with Crippen molar-refractivity contribution in [3.63, 3.8) is 0 Å². The highest BCUT2D eigenvalue weighted by molar-refractivity contribution is 5.99. The van der Waals surface area contributed by atoms with Crippen LogP contribution in [0.3, 0.4) is 0 Å². The van der Waals surface area contributed by atoms with E-state index in [9.17, 15) is 4.79 Å². The molecule has 0 saturated heterocycles. The summed E-state index contributed by atoms with van der Waals surface area (Å²) in [5.74, 6) is 2.51. The topological polar surface area (TPSA) is 55.2 Å². The van der Waals surface area contributed by atoms with Crippen LogP contribution < -0.4 is 9.47 Å². The Balaban J connectivity index is 1.10. The van der Waals surface area contributed by atoms with Crippen LogP contribution in [-0.4, -0.2) is 49.2 Å². The molecule has 1 amide bonds. The fourth-order valence-corrected chi connectivity index (χ4v) is 4.05. The van der Waals surface area contributed by atoms with Crippen LogP contribution in [0.5, 0.6) is 11.5 Å². The zero-order valence-electron chi connectivity index (χ0n) is 16.5. The van der Waals surface area contributed by atoms with Gasteiger partial charge in [-0.2, -0.15) is 0 Å². The summed E-state index contributed by atoms with van der Waals surface area (Å²) in [6, 6.07) is 14.0. The molecule has 3 heterocycles. The van der Waals surface area contributed by atoms with E-state index < -0.39 is 0 Å². The first-order valence-electron chi connectivity index (χ1n) is 10.1. The molecule has 5 rings (SSSR count). The molecule has 0 bridgehead atoms. The van der Waals surface area contributed by atoms with Crippen molar-refractivity contribution in [3.05, 3.63) is 59.4 Å². The number of ether oxygens (including phenoxy) is 2. The molecule has 0 saturated carbocycles. The van der Waals surface area contributed by atoms with Crippen LogP contribution in [0.1, 0.15) is 28.1 Å². The number of amides is 1. The Morgan fingerprint density at radius 3 is 2.76 bits per heavy atom. The predicted octanol–water partition coefficient (Wildman–Crippen LogP) is 3.68. The van der Waals surface area contributed by atoms with Crippen LogP contribution in [0.2, 0.25) is 0 Å². The number of fused-ring (bicyclic) bond motifs is 3. The molecule has 29 heavy (non-hydrogen) atoms. The first-order valence-corrected chi connectivity index (χ1v) is 10.1. The number of carbonyl (C=O) groups excluding carboxylic acids is 1. The number of benzene rings is 2. The summed E-state index contributed by atoms with van der Waals surface area (Å²) in [6.45, 7) is 3.48. The van der Waals surface area contributed by atoms with E-state index >= 15 is 0 Å². The summed E-state index contributed by atoms with van der Waals surface area (Å²) < 4.78 is 16.7. The van der Waals surface area contributed by atoms with E-state index in [1.54, 1.807) is 0 Å². The second kappa shape index (κ2) is 7.44. The van der Waals surface area contributed by atoms with Gasteiger partial charge in [0.15, 0.2) is 11.5 Å². The fourth-order valence-electron chi connectivity index (χ4n) is 4.05. The van der Waals surface area contributed by atoms with Crippen molar-refractivity contribution in [2.75, 3.05) is 33.5 Å². The van der Waals surface area contributed by atoms with Crippen LogP contribution in [0.25, 0.3) is 11.0 Å². The lowest BCUT2D eigenvalue weighted by atomic mass is 10.1. The van der Waals surface area contributed by atoms with Crippen molar-refractivity contribution in [1.82, 2.24) is 9.80 Å². The van der Waals surface area contributed by atoms with Gasteiger partial charge in [-0.15, -0.1) is 0 Å². The van der Waals surface area contributed by atoms with Crippen LogP contribution in [0, 0.1) is 0 Å². The van der Waals surface area contributed by atoms with E-state index in [2.05, 4.69) is 24.1 Å². The Bertz CT molecular complexity index is 1030. The van der Waals surface area contributed by atoms with E-state index in [1.165, 1.54) is 0 Å². The summed E-state index contributed by atoms with van der Waals surface area (Å²) in [5, 5.41) is 1.15. The van der Waals surface area contributed by atoms with E-state index in [1.807, 2.05) is 35.2 Å². The predicted molar refractivity (Wildman–Crippen MR) is 109 cm³/mol. The molecule has 0 unspecified atom stereocenters. The lowest BCUT2D eigenvalue weighted by Crippen LogP contribution is -2.29. The minimum absolute atomic E-state index is 0.0863. The average Bonchev–Trinajstić information content (AvgIpc) is 3.42. The molecule has 2 aliphatic rings. The second-order valence-electron chi connectivity index (χ2n) is 7.75. The van der Waals surface area contributed by atoms with Gasteiger partial charge in [0.25, 0.3) is 5.91 Å². The van der Waals surface area contributed by atoms with E-state index in [0.717, 1.165) is 66.1 Å². The summed E-state index contributed by atoms with van der Waals surface area (Å²) in [7, 11) is 2.11. The number of likely N-dealkylation sites (N-methyl/N-ethyl adjacent to an activating group) is 1. The van der Waals surface area contributed by atoms with Gasteiger partial charge in [-0.25, -0.2) is 0 Å². The van der Waals surface area contributed by atoms with Gasteiger partial charge in [0.1, 0.15) is 11.3 Å². The molecule has 0 spiro atoms. The third kappa shape index (κ3) is 3.56. The minimum atomic E-state index is 0.0863. The molecule has 2 aromatic carbocycles. The lowest BCUT2D eigenvalue weighted by Gasteiger charge is -2.19. The Hall–Kier alpha value is -2.99. The van der Waals surface area contributed by atoms with E-state index in [-0.39, 0.29) is 12.7 Å². The van der Waals surface area contributed by atoms with Crippen LogP contribution in [0.4, 0.5) is 0 Å². The van der Waals surface area contributed by atoms with Gasteiger partial charge in [0, 0.05) is 37.0 Å². The van der Waals surface area contributed by atoms with Crippen LogP contribution in [0.15, 0.2) is 46.9 Å². The van der Waals surface area contributed by atoms with Gasteiger partial charge in [0.05, 0.1) is 0 Å². The highest BCUT2D eigenvalue weighted by Crippen LogP contribution is 2.38. The molecule has 2 aliphatic heterocycles. The highest BCUT2D eigenvalue weighted by atomic mass is 16.7. The summed E-state index contributed by atoms with van der Waals surface area (Å²) in [4.78, 5) is 16.9. The van der Waals surface area contributed by atoms with Gasteiger partial charge in [-0.05, 0) is 49.8 Å². The molecule has 1 aromatic heterocycles. The molecule has 150 valence electrons. The van der Waals surface area contributed by atoms with Gasteiger partial charge in [0.2, 0.25) is 6.79 Å². The molecule has 3 aromatic rings. The number of nitrogens with zero attached hydrogens (tertiary/aromatic N) is 2. The van der Waals surface area contributed by atoms with Crippen LogP contribution in [-0.2, 0) is 13.0 Å². The summed E-state index contributed by atoms with van der Waals surface area (Å²) >= 11 is 0. The van der Waals surface area contributed by atoms with Crippen molar-refractivity contribution in [2.24, 2.45) is 0 Å². The van der Waals surface area contributed by atoms with Crippen molar-refractivity contribution < 1.29 is 18.7 Å². The normalized spacial score (nSPS) is 15.0. The zero-order valence-corrected chi connectivity index (χ0v) is 16.5. The summed E-state index contributed by atoms with van der Waals surface area (Å²) in [6.07, 6.45) is 1.81. The Morgan fingerprint density at radius 1 is 1.07 bits per heavy atom. The fraction of sp³-hybridized carbons (Fsp3) is 0.348. The van der Waals surface area contributed by atoms with Gasteiger partial charge < -0.3 is 23.7 Å². The minimum Gasteiger partial charge on any atom is -0.461 e. The maximum absolute atomic E-state index is 12.7. The number of hydrogen-bond acceptors (Lipinski definition) is 5. The standard InChI is InChI=1S/C23H24N2O4/c1-24(10-7-18-11-16-5-2-3-6-20(16)29-18)8-4-9-25-14-17-12-21-22(28-15-27-21)13-19(17)23(25)26/h2-3,5-6,11-13H,4,7-10,14-15H2,1H3. The average molecular weight is 392 g/mol. The van der Waals surface area contributed by atoms with Crippen LogP contribution >= 0.6 is 0 Å². The number of rotatable bonds is 7. The van der Waals surface area contributed by atoms with Crippen molar-refractivity contribution in [3.8, 4) is 11.5 Å². The zero-order chi connectivity index (χ0) is 19.8. The monoisotopic (exact) mass is 392 g/mol. The van der Waals surface area contributed by atoms with E-state index in [0.29, 0.717) is 12.3 Å². The van der Waals surface area contributed by atoms with Gasteiger partial charge in [-0.3, -0.25) is 4.79 Å². The number of furan rings is 1. The smallest absolute Gasteiger partial charge is 0.254 e. The van der Waals surface area contributed by atoms with Crippen molar-refractivity contribution in [2.45, 2.75) is 19.4 Å². The molecule has 6 nitrogen and oxygen atoms in total. The Labute approximate surface area is 169 Å². The maximum Gasteiger partial charge on any atom is 0.254 e. The molecule has 0 radical (unpaired) electrons. The number of hydrogen-bond donors (Lipinski definition) is 0. The molecule has 0 atom stereocenters. The van der Waals surface area contributed by atoms with Gasteiger partial charge in [-0.1, -0.05) is 18.2 Å². The second-order valence-corrected chi connectivity index (χ2v) is 7.75. The third-order valence-corrected chi connectivity index (χ3v) is 5.66. The molecule has 0 aliphatic carbocycles. The lowest BCUT2D eigenvalue weighted by molar-refractivity contribution is 0.0771. The molecule has 6 heteroatoms. The SMILES string of the molecule is CN(CCCN1Cc2cc3c(cc2C1=O)OCO3)CCc1cc2ccccc2o1. The summed E-state index contributed by atoms with van der Waals surface area (Å²) in [5.41, 5.74) is 2.71. The van der Waals surface area contributed by atoms with E-state index in [4.69, 9.17) is 13.9 Å². The Morgan fingerprint density at radius 2 is 1.90 bits per heavy atom.